The van der Waals surface area contributed by atoms with Crippen molar-refractivity contribution < 1.29 is 9.18 Å². The highest BCUT2D eigenvalue weighted by Crippen LogP contribution is 2.26. The highest BCUT2D eigenvalue weighted by Gasteiger charge is 2.14. The Morgan fingerprint density at radius 3 is 2.78 bits per heavy atom. The molecule has 0 radical (unpaired) electrons. The van der Waals surface area contributed by atoms with Crippen LogP contribution < -0.4 is 5.32 Å². The molecule has 7 heteroatoms. The summed E-state index contributed by atoms with van der Waals surface area (Å²) in [5, 5.41) is 5.75. The van der Waals surface area contributed by atoms with Crippen LogP contribution in [0.1, 0.15) is 10.4 Å². The minimum atomic E-state index is -0.293. The normalized spacial score (nSPS) is 10.5. The molecule has 23 heavy (non-hydrogen) atoms. The SMILES string of the molecule is CSc1ncccc1C(=O)Nc1nc(-c2ccc(F)cc2)cs1. The molecule has 0 saturated carbocycles. The highest BCUT2D eigenvalue weighted by atomic mass is 32.2. The lowest BCUT2D eigenvalue weighted by Crippen LogP contribution is -2.13. The maximum absolute atomic E-state index is 13.0. The Balaban J connectivity index is 1.79. The van der Waals surface area contributed by atoms with Crippen LogP contribution >= 0.6 is 23.1 Å². The number of amides is 1. The van der Waals surface area contributed by atoms with E-state index in [0.717, 1.165) is 5.56 Å². The molecule has 0 fully saturated rings. The number of carbonyl (C=O) groups excluding carboxylic acids is 1. The van der Waals surface area contributed by atoms with E-state index in [2.05, 4.69) is 15.3 Å². The van der Waals surface area contributed by atoms with Gasteiger partial charge in [0.25, 0.3) is 5.91 Å². The first kappa shape index (κ1) is 15.6. The van der Waals surface area contributed by atoms with Gasteiger partial charge in [0, 0.05) is 17.1 Å². The Morgan fingerprint density at radius 1 is 1.26 bits per heavy atom. The number of carbonyl (C=O) groups is 1. The van der Waals surface area contributed by atoms with E-state index in [9.17, 15) is 9.18 Å². The molecule has 0 aliphatic rings. The van der Waals surface area contributed by atoms with Crippen LogP contribution in [-0.2, 0) is 0 Å². The first-order valence-corrected chi connectivity index (χ1v) is 8.79. The van der Waals surface area contributed by atoms with E-state index in [4.69, 9.17) is 0 Å². The van der Waals surface area contributed by atoms with Gasteiger partial charge in [0.15, 0.2) is 5.13 Å². The number of rotatable bonds is 4. The third-order valence-corrected chi connectivity index (χ3v) is 4.54. The molecule has 0 unspecified atom stereocenters. The van der Waals surface area contributed by atoms with Gasteiger partial charge in [-0.1, -0.05) is 0 Å². The maximum Gasteiger partial charge on any atom is 0.260 e. The molecule has 0 aliphatic carbocycles. The third-order valence-electron chi connectivity index (χ3n) is 3.07. The summed E-state index contributed by atoms with van der Waals surface area (Å²) in [6.45, 7) is 0. The largest absolute Gasteiger partial charge is 0.298 e. The van der Waals surface area contributed by atoms with Gasteiger partial charge in [0.05, 0.1) is 11.3 Å². The molecule has 0 spiro atoms. The number of anilines is 1. The van der Waals surface area contributed by atoms with Crippen molar-refractivity contribution in [3.8, 4) is 11.3 Å². The van der Waals surface area contributed by atoms with Crippen LogP contribution in [0.25, 0.3) is 11.3 Å². The Hall–Kier alpha value is -2.25. The van der Waals surface area contributed by atoms with Crippen LogP contribution in [0.5, 0.6) is 0 Å². The van der Waals surface area contributed by atoms with Crippen molar-refractivity contribution in [3.63, 3.8) is 0 Å². The van der Waals surface area contributed by atoms with Crippen molar-refractivity contribution in [3.05, 3.63) is 59.4 Å². The van der Waals surface area contributed by atoms with Crippen LogP contribution in [0.2, 0.25) is 0 Å². The van der Waals surface area contributed by atoms with Crippen molar-refractivity contribution in [2.75, 3.05) is 11.6 Å². The van der Waals surface area contributed by atoms with Crippen LogP contribution in [0.15, 0.2) is 53.0 Å². The van der Waals surface area contributed by atoms with E-state index in [1.54, 1.807) is 30.5 Å². The van der Waals surface area contributed by atoms with E-state index in [1.807, 2.05) is 11.6 Å². The second-order valence-electron chi connectivity index (χ2n) is 4.56. The summed E-state index contributed by atoms with van der Waals surface area (Å²) in [7, 11) is 0. The van der Waals surface area contributed by atoms with Gasteiger partial charge in [-0.3, -0.25) is 10.1 Å². The van der Waals surface area contributed by atoms with Gasteiger partial charge in [0.1, 0.15) is 10.8 Å². The zero-order valence-electron chi connectivity index (χ0n) is 12.1. The predicted octanol–water partition coefficient (Wildman–Crippen LogP) is 4.32. The van der Waals surface area contributed by atoms with Crippen LogP contribution in [0.3, 0.4) is 0 Å². The fraction of sp³-hybridized carbons (Fsp3) is 0.0625. The summed E-state index contributed by atoms with van der Waals surface area (Å²) in [6, 6.07) is 9.52. The van der Waals surface area contributed by atoms with Gasteiger partial charge in [-0.05, 0) is 42.7 Å². The van der Waals surface area contributed by atoms with E-state index in [-0.39, 0.29) is 11.7 Å². The Kier molecular flexibility index (Phi) is 4.68. The van der Waals surface area contributed by atoms with Gasteiger partial charge in [0.2, 0.25) is 0 Å². The van der Waals surface area contributed by atoms with Gasteiger partial charge < -0.3 is 0 Å². The zero-order valence-corrected chi connectivity index (χ0v) is 13.7. The lowest BCUT2D eigenvalue weighted by Gasteiger charge is -2.05. The van der Waals surface area contributed by atoms with E-state index in [0.29, 0.717) is 21.4 Å². The fourth-order valence-electron chi connectivity index (χ4n) is 1.98. The molecule has 116 valence electrons. The quantitative estimate of drug-likeness (QED) is 0.716. The predicted molar refractivity (Wildman–Crippen MR) is 91.5 cm³/mol. The lowest BCUT2D eigenvalue weighted by molar-refractivity contribution is 0.102. The van der Waals surface area contributed by atoms with Crippen molar-refractivity contribution in [2.24, 2.45) is 0 Å². The molecular formula is C16H12FN3OS2. The summed E-state index contributed by atoms with van der Waals surface area (Å²) in [5.41, 5.74) is 2.01. The van der Waals surface area contributed by atoms with Crippen LogP contribution in [0, 0.1) is 5.82 Å². The second-order valence-corrected chi connectivity index (χ2v) is 6.21. The first-order valence-electron chi connectivity index (χ1n) is 6.69. The molecule has 2 aromatic heterocycles. The molecule has 0 atom stereocenters. The van der Waals surface area contributed by atoms with Gasteiger partial charge >= 0.3 is 0 Å². The van der Waals surface area contributed by atoms with E-state index < -0.39 is 0 Å². The summed E-state index contributed by atoms with van der Waals surface area (Å²) >= 11 is 2.73. The topological polar surface area (TPSA) is 54.9 Å². The molecule has 0 bridgehead atoms. The molecular weight excluding hydrogens is 333 g/mol. The first-order chi connectivity index (χ1) is 11.2. The average molecular weight is 345 g/mol. The number of thiazole rings is 1. The number of benzene rings is 1. The number of aromatic nitrogens is 2. The average Bonchev–Trinajstić information content (AvgIpc) is 3.04. The molecule has 1 N–H and O–H groups in total. The van der Waals surface area contributed by atoms with Gasteiger partial charge in [-0.25, -0.2) is 14.4 Å². The summed E-state index contributed by atoms with van der Waals surface area (Å²) in [6.07, 6.45) is 3.52. The fourth-order valence-corrected chi connectivity index (χ4v) is 3.24. The Morgan fingerprint density at radius 2 is 2.04 bits per heavy atom. The maximum atomic E-state index is 13.0. The van der Waals surface area contributed by atoms with Crippen molar-refractivity contribution >= 4 is 34.1 Å². The van der Waals surface area contributed by atoms with E-state index >= 15 is 0 Å². The van der Waals surface area contributed by atoms with Crippen LogP contribution in [0.4, 0.5) is 9.52 Å². The Bertz CT molecular complexity index is 833. The number of pyridine rings is 1. The highest BCUT2D eigenvalue weighted by molar-refractivity contribution is 7.98. The minimum absolute atomic E-state index is 0.248. The monoisotopic (exact) mass is 345 g/mol. The summed E-state index contributed by atoms with van der Waals surface area (Å²) < 4.78 is 13.0. The summed E-state index contributed by atoms with van der Waals surface area (Å²) in [5.74, 6) is -0.541. The number of thioether (sulfide) groups is 1. The second kappa shape index (κ2) is 6.89. The molecule has 2 heterocycles. The van der Waals surface area contributed by atoms with E-state index in [1.165, 1.54) is 35.2 Å². The molecule has 3 aromatic rings. The molecule has 3 rings (SSSR count). The Labute approximate surface area is 140 Å². The number of hydrogen-bond donors (Lipinski definition) is 1. The van der Waals surface area contributed by atoms with Gasteiger partial charge in [-0.15, -0.1) is 23.1 Å². The molecule has 4 nitrogen and oxygen atoms in total. The number of nitrogens with zero attached hydrogens (tertiary/aromatic N) is 2. The zero-order chi connectivity index (χ0) is 16.2. The number of hydrogen-bond acceptors (Lipinski definition) is 5. The summed E-state index contributed by atoms with van der Waals surface area (Å²) in [4.78, 5) is 20.9. The van der Waals surface area contributed by atoms with Crippen molar-refractivity contribution in [2.45, 2.75) is 5.03 Å². The standard InChI is InChI=1S/C16H12FN3OS2/c1-22-15-12(3-2-8-18-15)14(21)20-16-19-13(9-23-16)10-4-6-11(17)7-5-10/h2-9H,1H3,(H,19,20,21). The van der Waals surface area contributed by atoms with Gasteiger partial charge in [-0.2, -0.15) is 0 Å². The minimum Gasteiger partial charge on any atom is -0.298 e. The molecule has 0 aliphatic heterocycles. The third kappa shape index (κ3) is 3.57. The number of nitrogens with one attached hydrogen (secondary N) is 1. The van der Waals surface area contributed by atoms with Crippen LogP contribution in [-0.4, -0.2) is 22.1 Å². The lowest BCUT2D eigenvalue weighted by atomic mass is 10.2. The molecule has 1 aromatic carbocycles. The molecule has 0 saturated heterocycles. The smallest absolute Gasteiger partial charge is 0.260 e. The molecule has 1 amide bonds. The van der Waals surface area contributed by atoms with Crippen molar-refractivity contribution in [1.29, 1.82) is 0 Å². The van der Waals surface area contributed by atoms with Crippen molar-refractivity contribution in [1.82, 2.24) is 9.97 Å². The number of halogens is 1.